The van der Waals surface area contributed by atoms with Gasteiger partial charge < -0.3 is 9.84 Å². The molecule has 148 valence electrons. The zero-order chi connectivity index (χ0) is 19.2. The Morgan fingerprint density at radius 1 is 1.26 bits per heavy atom. The van der Waals surface area contributed by atoms with Crippen LogP contribution in [0.2, 0.25) is 0 Å². The fourth-order valence-corrected chi connectivity index (χ4v) is 3.96. The lowest BCUT2D eigenvalue weighted by atomic mass is 10.0. The number of ether oxygens (including phenoxy) is 1. The Kier molecular flexibility index (Phi) is 6.82. The minimum atomic E-state index is 0.242. The van der Waals surface area contributed by atoms with E-state index in [1.165, 1.54) is 5.56 Å². The molecule has 0 saturated carbocycles. The van der Waals surface area contributed by atoms with Gasteiger partial charge in [0.05, 0.1) is 13.7 Å². The summed E-state index contributed by atoms with van der Waals surface area (Å²) in [5, 5.41) is 13.6. The molecular formula is C20H31N5O2. The summed E-state index contributed by atoms with van der Waals surface area (Å²) in [6.45, 7) is 9.34. The van der Waals surface area contributed by atoms with Gasteiger partial charge in [0, 0.05) is 50.4 Å². The van der Waals surface area contributed by atoms with Crippen molar-refractivity contribution in [2.24, 2.45) is 0 Å². The third-order valence-corrected chi connectivity index (χ3v) is 5.29. The van der Waals surface area contributed by atoms with Gasteiger partial charge in [-0.05, 0) is 38.0 Å². The Hall–Kier alpha value is -1.96. The zero-order valence-corrected chi connectivity index (χ0v) is 16.6. The predicted molar refractivity (Wildman–Crippen MR) is 105 cm³/mol. The highest BCUT2D eigenvalue weighted by atomic mass is 16.5. The van der Waals surface area contributed by atoms with Crippen LogP contribution < -0.4 is 4.74 Å². The molecule has 0 unspecified atom stereocenters. The molecule has 0 bridgehead atoms. The first-order valence-electron chi connectivity index (χ1n) is 9.68. The fraction of sp³-hybridized carbons (Fsp3) is 0.600. The van der Waals surface area contributed by atoms with Crippen LogP contribution >= 0.6 is 0 Å². The lowest BCUT2D eigenvalue weighted by molar-refractivity contribution is 0.0349. The van der Waals surface area contributed by atoms with Gasteiger partial charge in [-0.2, -0.15) is 5.10 Å². The van der Waals surface area contributed by atoms with E-state index in [-0.39, 0.29) is 6.61 Å². The largest absolute Gasteiger partial charge is 0.496 e. The number of aliphatic hydroxyl groups excluding tert-OH is 1. The quantitative estimate of drug-likeness (QED) is 0.758. The van der Waals surface area contributed by atoms with Crippen LogP contribution in [-0.4, -0.2) is 75.1 Å². The summed E-state index contributed by atoms with van der Waals surface area (Å²) >= 11 is 0. The SMILES string of the molecule is COc1ccc(CN2CCN(C(C)C)[C@H](CCO)C2)cc1Cn1cncn1. The van der Waals surface area contributed by atoms with Gasteiger partial charge >= 0.3 is 0 Å². The van der Waals surface area contributed by atoms with Gasteiger partial charge in [-0.25, -0.2) is 9.67 Å². The van der Waals surface area contributed by atoms with Gasteiger partial charge in [-0.15, -0.1) is 0 Å². The standard InChI is InChI=1S/C20H31N5O2/c1-16(2)25-8-7-23(13-19(25)6-9-26)11-17-4-5-20(27-3)18(10-17)12-24-15-21-14-22-24/h4-5,10,14-16,19,26H,6-9,11-13H2,1-3H3/t19-/m1/s1. The highest BCUT2D eigenvalue weighted by Crippen LogP contribution is 2.23. The molecule has 1 aromatic carbocycles. The van der Waals surface area contributed by atoms with Gasteiger partial charge in [0.1, 0.15) is 18.4 Å². The molecule has 1 atom stereocenters. The predicted octanol–water partition coefficient (Wildman–Crippen LogP) is 1.61. The maximum absolute atomic E-state index is 9.44. The summed E-state index contributed by atoms with van der Waals surface area (Å²) < 4.78 is 7.32. The maximum atomic E-state index is 9.44. The van der Waals surface area contributed by atoms with Gasteiger partial charge in [-0.3, -0.25) is 9.80 Å². The molecule has 0 amide bonds. The van der Waals surface area contributed by atoms with Crippen molar-refractivity contribution >= 4 is 0 Å². The Labute approximate surface area is 161 Å². The molecule has 2 heterocycles. The van der Waals surface area contributed by atoms with Crippen LogP contribution in [0.4, 0.5) is 0 Å². The molecule has 7 nitrogen and oxygen atoms in total. The normalized spacial score (nSPS) is 18.9. The van der Waals surface area contributed by atoms with Crippen molar-refractivity contribution in [3.05, 3.63) is 42.0 Å². The van der Waals surface area contributed by atoms with Crippen molar-refractivity contribution in [3.8, 4) is 5.75 Å². The number of aromatic nitrogens is 3. The number of benzene rings is 1. The fourth-order valence-electron chi connectivity index (χ4n) is 3.96. The molecule has 2 aromatic rings. The van der Waals surface area contributed by atoms with Crippen LogP contribution in [0.15, 0.2) is 30.9 Å². The van der Waals surface area contributed by atoms with Crippen LogP contribution in [0.1, 0.15) is 31.4 Å². The van der Waals surface area contributed by atoms with Crippen LogP contribution in [0.3, 0.4) is 0 Å². The molecule has 1 aliphatic heterocycles. The summed E-state index contributed by atoms with van der Waals surface area (Å²) in [7, 11) is 1.70. The minimum Gasteiger partial charge on any atom is -0.496 e. The molecule has 7 heteroatoms. The van der Waals surface area contributed by atoms with Crippen molar-refractivity contribution in [2.45, 2.75) is 45.4 Å². The highest BCUT2D eigenvalue weighted by Gasteiger charge is 2.28. The number of aliphatic hydroxyl groups is 1. The average molecular weight is 374 g/mol. The zero-order valence-electron chi connectivity index (χ0n) is 16.6. The summed E-state index contributed by atoms with van der Waals surface area (Å²) in [5.41, 5.74) is 2.37. The summed E-state index contributed by atoms with van der Waals surface area (Å²) in [4.78, 5) is 9.01. The van der Waals surface area contributed by atoms with E-state index < -0.39 is 0 Å². The molecule has 0 radical (unpaired) electrons. The summed E-state index contributed by atoms with van der Waals surface area (Å²) in [6, 6.07) is 7.31. The molecule has 0 aliphatic carbocycles. The number of rotatable bonds is 8. The Morgan fingerprint density at radius 2 is 2.11 bits per heavy atom. The monoisotopic (exact) mass is 373 g/mol. The van der Waals surface area contributed by atoms with Crippen molar-refractivity contribution in [1.82, 2.24) is 24.6 Å². The Morgan fingerprint density at radius 3 is 2.78 bits per heavy atom. The summed E-state index contributed by atoms with van der Waals surface area (Å²) in [6.07, 6.45) is 4.09. The molecule has 1 aromatic heterocycles. The van der Waals surface area contributed by atoms with Crippen molar-refractivity contribution in [3.63, 3.8) is 0 Å². The van der Waals surface area contributed by atoms with E-state index in [9.17, 15) is 5.11 Å². The third kappa shape index (κ3) is 5.06. The van der Waals surface area contributed by atoms with Crippen molar-refractivity contribution in [2.75, 3.05) is 33.4 Å². The molecule has 1 saturated heterocycles. The molecule has 0 spiro atoms. The molecular weight excluding hydrogens is 342 g/mol. The number of nitrogens with zero attached hydrogens (tertiary/aromatic N) is 5. The van der Waals surface area contributed by atoms with Crippen LogP contribution in [0.25, 0.3) is 0 Å². The second kappa shape index (κ2) is 9.30. The number of hydrogen-bond donors (Lipinski definition) is 1. The Balaban J connectivity index is 1.69. The Bertz CT molecular complexity index is 704. The number of methoxy groups -OCH3 is 1. The topological polar surface area (TPSA) is 66.7 Å². The maximum Gasteiger partial charge on any atom is 0.137 e. The molecule has 27 heavy (non-hydrogen) atoms. The van der Waals surface area contributed by atoms with E-state index in [0.717, 1.165) is 43.9 Å². The second-order valence-corrected chi connectivity index (χ2v) is 7.47. The first-order chi connectivity index (χ1) is 13.1. The van der Waals surface area contributed by atoms with Gasteiger partial charge in [-0.1, -0.05) is 6.07 Å². The van der Waals surface area contributed by atoms with Gasteiger partial charge in [0.2, 0.25) is 0 Å². The summed E-state index contributed by atoms with van der Waals surface area (Å²) in [5.74, 6) is 0.872. The highest BCUT2D eigenvalue weighted by molar-refractivity contribution is 5.37. The van der Waals surface area contributed by atoms with Crippen molar-refractivity contribution in [1.29, 1.82) is 0 Å². The minimum absolute atomic E-state index is 0.242. The van der Waals surface area contributed by atoms with Crippen LogP contribution in [-0.2, 0) is 13.1 Å². The molecule has 1 aliphatic rings. The van der Waals surface area contributed by atoms with Crippen molar-refractivity contribution < 1.29 is 9.84 Å². The van der Waals surface area contributed by atoms with E-state index in [1.807, 2.05) is 6.07 Å². The first kappa shape index (κ1) is 19.8. The first-order valence-corrected chi connectivity index (χ1v) is 9.68. The van der Waals surface area contributed by atoms with E-state index in [2.05, 4.69) is 45.9 Å². The number of piperazine rings is 1. The van der Waals surface area contributed by atoms with Gasteiger partial charge in [0.25, 0.3) is 0 Å². The van der Waals surface area contributed by atoms with E-state index in [1.54, 1.807) is 24.4 Å². The van der Waals surface area contributed by atoms with E-state index in [4.69, 9.17) is 4.74 Å². The van der Waals surface area contributed by atoms with E-state index >= 15 is 0 Å². The molecule has 1 N–H and O–H groups in total. The molecule has 1 fully saturated rings. The average Bonchev–Trinajstić information content (AvgIpc) is 3.15. The van der Waals surface area contributed by atoms with E-state index in [0.29, 0.717) is 18.6 Å². The lowest BCUT2D eigenvalue weighted by Gasteiger charge is -2.43. The lowest BCUT2D eigenvalue weighted by Crippen LogP contribution is -2.55. The smallest absolute Gasteiger partial charge is 0.137 e. The molecule has 3 rings (SSSR count). The van der Waals surface area contributed by atoms with Gasteiger partial charge in [0.15, 0.2) is 0 Å². The second-order valence-electron chi connectivity index (χ2n) is 7.47. The number of hydrogen-bond acceptors (Lipinski definition) is 6. The van der Waals surface area contributed by atoms with Crippen LogP contribution in [0.5, 0.6) is 5.75 Å². The van der Waals surface area contributed by atoms with Crippen LogP contribution in [0, 0.1) is 0 Å². The third-order valence-electron chi connectivity index (χ3n) is 5.29.